The highest BCUT2D eigenvalue weighted by Crippen LogP contribution is 2.38. The molecule has 0 aliphatic carbocycles. The Morgan fingerprint density at radius 3 is 2.69 bits per heavy atom. The van der Waals surface area contributed by atoms with Crippen LogP contribution in [0.2, 0.25) is 12.0 Å². The molecule has 152 valence electrons. The molecule has 0 bridgehead atoms. The number of amides is 2. The number of pyridine rings is 1. The molecule has 1 aromatic carbocycles. The number of aromatic nitrogens is 1. The Hall–Kier alpha value is -2.16. The van der Waals surface area contributed by atoms with Crippen LogP contribution in [0.15, 0.2) is 30.5 Å². The molecule has 29 heavy (non-hydrogen) atoms. The van der Waals surface area contributed by atoms with Crippen LogP contribution in [0.3, 0.4) is 0 Å². The number of nitrogens with zero attached hydrogens (tertiary/aromatic N) is 4. The first kappa shape index (κ1) is 20.1. The molecule has 0 radical (unpaired) electrons. The Morgan fingerprint density at radius 1 is 1.31 bits per heavy atom. The third-order valence-electron chi connectivity index (χ3n) is 5.80. The van der Waals surface area contributed by atoms with Crippen molar-refractivity contribution in [2.75, 3.05) is 22.9 Å². The lowest BCUT2D eigenvalue weighted by molar-refractivity contribution is 0.238. The minimum absolute atomic E-state index is 0.0652. The summed E-state index contributed by atoms with van der Waals surface area (Å²) >= 11 is 6.13. The second-order valence-corrected chi connectivity index (χ2v) is 8.07. The smallest absolute Gasteiger partial charge is 0.376 e. The van der Waals surface area contributed by atoms with Gasteiger partial charge in [0.2, 0.25) is 0 Å². The summed E-state index contributed by atoms with van der Waals surface area (Å²) in [7, 11) is -0.517. The van der Waals surface area contributed by atoms with Crippen LogP contribution in [0.25, 0.3) is 0 Å². The third kappa shape index (κ3) is 3.72. The lowest BCUT2D eigenvalue weighted by atomic mass is 9.82. The quantitative estimate of drug-likeness (QED) is 0.612. The van der Waals surface area contributed by atoms with Gasteiger partial charge in [-0.3, -0.25) is 9.80 Å². The number of rotatable bonds is 3. The summed E-state index contributed by atoms with van der Waals surface area (Å²) in [5, 5.41) is 10.2. The number of hydrogen-bond donors (Lipinski definition) is 1. The number of aryl methyl sites for hydroxylation is 1. The predicted molar refractivity (Wildman–Crippen MR) is 113 cm³/mol. The van der Waals surface area contributed by atoms with Gasteiger partial charge >= 0.3 is 13.1 Å². The molecule has 2 aliphatic heterocycles. The molecule has 6 nitrogen and oxygen atoms in total. The Balaban J connectivity index is 1.73. The molecule has 1 N–H and O–H groups in total. The van der Waals surface area contributed by atoms with Crippen molar-refractivity contribution in [2.45, 2.75) is 39.2 Å². The highest BCUT2D eigenvalue weighted by molar-refractivity contribution is 6.45. The molecule has 1 saturated heterocycles. The predicted octanol–water partition coefficient (Wildman–Crippen LogP) is 3.70. The maximum absolute atomic E-state index is 14.7. The summed E-state index contributed by atoms with van der Waals surface area (Å²) in [6.07, 6.45) is 3.07. The molecule has 2 aliphatic rings. The van der Waals surface area contributed by atoms with Crippen LogP contribution in [-0.2, 0) is 6.54 Å². The van der Waals surface area contributed by atoms with Gasteiger partial charge < -0.3 is 9.83 Å². The van der Waals surface area contributed by atoms with Crippen molar-refractivity contribution in [3.8, 4) is 0 Å². The lowest BCUT2D eigenvalue weighted by Crippen LogP contribution is -2.56. The summed E-state index contributed by atoms with van der Waals surface area (Å²) < 4.78 is 14.7. The van der Waals surface area contributed by atoms with Gasteiger partial charge in [-0.25, -0.2) is 14.2 Å². The Morgan fingerprint density at radius 2 is 2.03 bits per heavy atom. The van der Waals surface area contributed by atoms with E-state index in [1.807, 2.05) is 4.81 Å². The Kier molecular flexibility index (Phi) is 5.51. The Labute approximate surface area is 175 Å². The van der Waals surface area contributed by atoms with Gasteiger partial charge in [-0.1, -0.05) is 23.7 Å². The van der Waals surface area contributed by atoms with Crippen LogP contribution in [-0.4, -0.2) is 47.0 Å². The first-order chi connectivity index (χ1) is 13.9. The van der Waals surface area contributed by atoms with Crippen molar-refractivity contribution in [2.24, 2.45) is 0 Å². The fourth-order valence-corrected chi connectivity index (χ4v) is 4.43. The van der Waals surface area contributed by atoms with Gasteiger partial charge in [-0.15, -0.1) is 0 Å². The number of carbonyl (C=O) groups is 1. The number of hydrogen-bond acceptors (Lipinski definition) is 4. The first-order valence-electron chi connectivity index (χ1n) is 9.79. The standard InChI is InChI=1S/C20H23BClFN4O2/c1-13-4-3-5-16(23)19(13)26-12-14-11-24-18(22)10-17(14)27(20(26)28)15-6-8-25(9-7-15)21(2)29/h3-5,10-11,15,29H,6-9,12H2,1-2H3. The zero-order valence-electron chi connectivity index (χ0n) is 16.5. The monoisotopic (exact) mass is 416 g/mol. The third-order valence-corrected chi connectivity index (χ3v) is 6.01. The summed E-state index contributed by atoms with van der Waals surface area (Å²) in [6, 6.07) is 6.19. The molecule has 3 heterocycles. The fourth-order valence-electron chi connectivity index (χ4n) is 4.28. The normalized spacial score (nSPS) is 18.2. The van der Waals surface area contributed by atoms with E-state index < -0.39 is 12.9 Å². The van der Waals surface area contributed by atoms with Crippen LogP contribution in [0.1, 0.15) is 24.0 Å². The second kappa shape index (κ2) is 7.93. The fraction of sp³-hybridized carbons (Fsp3) is 0.400. The molecule has 4 rings (SSSR count). The molecule has 0 saturated carbocycles. The molecule has 2 amide bonds. The molecule has 2 aromatic rings. The van der Waals surface area contributed by atoms with Crippen molar-refractivity contribution in [1.29, 1.82) is 0 Å². The SMILES string of the molecule is CB(O)N1CCC(N2C(=O)N(c3c(C)cccc3F)Cc3cnc(Cl)cc32)CC1. The van der Waals surface area contributed by atoms with Gasteiger partial charge in [-0.2, -0.15) is 0 Å². The van der Waals surface area contributed by atoms with Crippen molar-refractivity contribution in [3.63, 3.8) is 0 Å². The number of urea groups is 1. The molecule has 0 spiro atoms. The van der Waals surface area contributed by atoms with Crippen LogP contribution in [0, 0.1) is 12.7 Å². The second-order valence-electron chi connectivity index (χ2n) is 7.68. The zero-order chi connectivity index (χ0) is 20.7. The molecule has 1 fully saturated rings. The van der Waals surface area contributed by atoms with Gasteiger partial charge in [0.05, 0.1) is 17.9 Å². The largest absolute Gasteiger partial charge is 0.437 e. The van der Waals surface area contributed by atoms with E-state index in [0.717, 1.165) is 11.3 Å². The average molecular weight is 417 g/mol. The summed E-state index contributed by atoms with van der Waals surface area (Å²) in [4.78, 5) is 22.9. The number of fused-ring (bicyclic) bond motifs is 1. The molecule has 9 heteroatoms. The maximum Gasteiger partial charge on any atom is 0.376 e. The molecular formula is C20H23BClFN4O2. The van der Waals surface area contributed by atoms with Gasteiger partial charge in [0.25, 0.3) is 0 Å². The van der Waals surface area contributed by atoms with E-state index >= 15 is 0 Å². The van der Waals surface area contributed by atoms with Crippen molar-refractivity contribution < 1.29 is 14.2 Å². The van der Waals surface area contributed by atoms with Crippen molar-refractivity contribution >= 4 is 36.1 Å². The van der Waals surface area contributed by atoms with Crippen molar-refractivity contribution in [3.05, 3.63) is 52.6 Å². The highest BCUT2D eigenvalue weighted by Gasteiger charge is 2.39. The lowest BCUT2D eigenvalue weighted by Gasteiger charge is -2.44. The van der Waals surface area contributed by atoms with E-state index in [-0.39, 0.29) is 18.6 Å². The molecular weight excluding hydrogens is 394 g/mol. The van der Waals surface area contributed by atoms with E-state index in [1.54, 1.807) is 43.0 Å². The topological polar surface area (TPSA) is 59.9 Å². The number of piperidine rings is 1. The highest BCUT2D eigenvalue weighted by atomic mass is 35.5. The van der Waals surface area contributed by atoms with E-state index in [0.29, 0.717) is 42.3 Å². The number of benzene rings is 1. The maximum atomic E-state index is 14.7. The minimum Gasteiger partial charge on any atom is -0.437 e. The molecule has 0 atom stereocenters. The van der Waals surface area contributed by atoms with Gasteiger partial charge in [0.15, 0.2) is 0 Å². The number of para-hydroxylation sites is 1. The summed E-state index contributed by atoms with van der Waals surface area (Å²) in [6.45, 7) is 5.14. The average Bonchev–Trinajstić information content (AvgIpc) is 2.68. The van der Waals surface area contributed by atoms with E-state index in [1.165, 1.54) is 11.0 Å². The van der Waals surface area contributed by atoms with Crippen LogP contribution < -0.4 is 9.80 Å². The van der Waals surface area contributed by atoms with Crippen LogP contribution in [0.5, 0.6) is 0 Å². The van der Waals surface area contributed by atoms with Crippen molar-refractivity contribution in [1.82, 2.24) is 9.79 Å². The first-order valence-corrected chi connectivity index (χ1v) is 10.2. The summed E-state index contributed by atoms with van der Waals surface area (Å²) in [5.74, 6) is -0.424. The van der Waals surface area contributed by atoms with Gasteiger partial charge in [-0.05, 0) is 57.4 Å². The van der Waals surface area contributed by atoms with E-state index in [4.69, 9.17) is 11.6 Å². The van der Waals surface area contributed by atoms with Crippen LogP contribution >= 0.6 is 11.6 Å². The van der Waals surface area contributed by atoms with E-state index in [2.05, 4.69) is 4.98 Å². The van der Waals surface area contributed by atoms with Gasteiger partial charge in [0.1, 0.15) is 11.0 Å². The molecule has 1 aromatic heterocycles. The molecule has 0 unspecified atom stereocenters. The number of carbonyl (C=O) groups excluding carboxylic acids is 1. The van der Waals surface area contributed by atoms with E-state index in [9.17, 15) is 14.2 Å². The Bertz CT molecular complexity index is 916. The summed E-state index contributed by atoms with van der Waals surface area (Å²) in [5.41, 5.74) is 2.56. The number of anilines is 2. The number of halogens is 2. The zero-order valence-corrected chi connectivity index (χ0v) is 17.2. The minimum atomic E-state index is -0.517. The van der Waals surface area contributed by atoms with Crippen LogP contribution in [0.4, 0.5) is 20.6 Å². The van der Waals surface area contributed by atoms with Gasteiger partial charge in [0, 0.05) is 17.8 Å².